The number of ether oxygens (including phenoxy) is 3. The summed E-state index contributed by atoms with van der Waals surface area (Å²) >= 11 is 0. The van der Waals surface area contributed by atoms with Crippen LogP contribution in [0, 0.1) is 0 Å². The number of fused-ring (bicyclic) bond motifs is 1. The van der Waals surface area contributed by atoms with E-state index in [1.807, 2.05) is 13.0 Å². The molecule has 0 saturated carbocycles. The van der Waals surface area contributed by atoms with Gasteiger partial charge in [0.2, 0.25) is 0 Å². The smallest absolute Gasteiger partial charge is 0.257 e. The Kier molecular flexibility index (Phi) is 6.44. The number of carbonyl (C=O) groups is 1. The van der Waals surface area contributed by atoms with Crippen molar-refractivity contribution in [3.63, 3.8) is 0 Å². The maximum Gasteiger partial charge on any atom is 0.257 e. The van der Waals surface area contributed by atoms with Crippen LogP contribution in [-0.2, 0) is 19.9 Å². The van der Waals surface area contributed by atoms with Crippen molar-refractivity contribution in [1.82, 2.24) is 0 Å². The number of aliphatic hydroxyl groups is 2. The molecule has 35 heavy (non-hydrogen) atoms. The highest BCUT2D eigenvalue weighted by Crippen LogP contribution is 2.48. The zero-order valence-corrected chi connectivity index (χ0v) is 20.7. The molecule has 2 aliphatic heterocycles. The highest BCUT2D eigenvalue weighted by atomic mass is 16.5. The number of nitrogens with one attached hydrogen (secondary N) is 1. The van der Waals surface area contributed by atoms with Crippen LogP contribution in [0.3, 0.4) is 0 Å². The standard InChI is InChI=1S/C27H33NO7/c1-25(2,31)20-13-15-26(3,35-20)14-12-16-6-11-19-21(22(16)29)27(32,23(34-5)24(30)28-19)17-7-9-18(33-4)10-8-17/h6-12,14,20,23,29,31-32H,13,15H2,1-5H3,(H,28,30)/b14-12+/t20-,23-,26+,27+/m0/s1. The van der Waals surface area contributed by atoms with Gasteiger partial charge < -0.3 is 34.8 Å². The highest BCUT2D eigenvalue weighted by Gasteiger charge is 2.51. The molecule has 0 unspecified atom stereocenters. The Morgan fingerprint density at radius 1 is 1.17 bits per heavy atom. The van der Waals surface area contributed by atoms with E-state index in [2.05, 4.69) is 5.32 Å². The van der Waals surface area contributed by atoms with E-state index in [9.17, 15) is 20.1 Å². The average molecular weight is 484 g/mol. The lowest BCUT2D eigenvalue weighted by Gasteiger charge is -2.40. The second kappa shape index (κ2) is 8.95. The van der Waals surface area contributed by atoms with Crippen molar-refractivity contribution in [1.29, 1.82) is 0 Å². The second-order valence-electron chi connectivity index (χ2n) is 9.97. The zero-order chi connectivity index (χ0) is 25.6. The van der Waals surface area contributed by atoms with Crippen LogP contribution in [0.4, 0.5) is 5.69 Å². The van der Waals surface area contributed by atoms with Crippen LogP contribution >= 0.6 is 0 Å². The first kappa shape index (κ1) is 25.2. The number of rotatable bonds is 6. The Morgan fingerprint density at radius 2 is 1.86 bits per heavy atom. The molecule has 0 aliphatic carbocycles. The predicted octanol–water partition coefficient (Wildman–Crippen LogP) is 3.33. The van der Waals surface area contributed by atoms with Crippen molar-refractivity contribution >= 4 is 17.7 Å². The van der Waals surface area contributed by atoms with E-state index in [0.29, 0.717) is 35.4 Å². The molecule has 0 bridgehead atoms. The van der Waals surface area contributed by atoms with Gasteiger partial charge in [-0.2, -0.15) is 0 Å². The fraction of sp³-hybridized carbons (Fsp3) is 0.444. The molecule has 188 valence electrons. The molecule has 1 saturated heterocycles. The summed E-state index contributed by atoms with van der Waals surface area (Å²) in [6, 6.07) is 9.93. The van der Waals surface area contributed by atoms with E-state index in [4.69, 9.17) is 14.2 Å². The first-order chi connectivity index (χ1) is 16.4. The molecule has 2 aromatic rings. The summed E-state index contributed by atoms with van der Waals surface area (Å²) in [6.45, 7) is 5.38. The Balaban J connectivity index is 1.77. The number of carbonyl (C=O) groups excluding carboxylic acids is 1. The maximum absolute atomic E-state index is 12.8. The lowest BCUT2D eigenvalue weighted by molar-refractivity contribution is -0.142. The number of benzene rings is 2. The van der Waals surface area contributed by atoms with Gasteiger partial charge in [0.05, 0.1) is 35.7 Å². The van der Waals surface area contributed by atoms with Gasteiger partial charge in [-0.25, -0.2) is 0 Å². The topological polar surface area (TPSA) is 117 Å². The fourth-order valence-electron chi connectivity index (χ4n) is 4.92. The van der Waals surface area contributed by atoms with Crippen LogP contribution < -0.4 is 10.1 Å². The van der Waals surface area contributed by atoms with Gasteiger partial charge in [-0.15, -0.1) is 0 Å². The van der Waals surface area contributed by atoms with Crippen LogP contribution in [0.1, 0.15) is 50.3 Å². The maximum atomic E-state index is 12.8. The van der Waals surface area contributed by atoms with Crippen LogP contribution in [0.25, 0.3) is 6.08 Å². The lowest BCUT2D eigenvalue weighted by Crippen LogP contribution is -2.52. The summed E-state index contributed by atoms with van der Waals surface area (Å²) in [5, 5.41) is 36.4. The fourth-order valence-corrected chi connectivity index (χ4v) is 4.92. The minimum Gasteiger partial charge on any atom is -0.507 e. The van der Waals surface area contributed by atoms with Crippen LogP contribution in [0.15, 0.2) is 42.5 Å². The minimum absolute atomic E-state index is 0.142. The van der Waals surface area contributed by atoms with Crippen LogP contribution in [0.2, 0.25) is 0 Å². The molecule has 2 heterocycles. The number of phenolic OH excluding ortho intramolecular Hbond substituents is 1. The summed E-state index contributed by atoms with van der Waals surface area (Å²) < 4.78 is 16.7. The van der Waals surface area contributed by atoms with Gasteiger partial charge in [-0.05, 0) is 63.4 Å². The molecule has 1 fully saturated rings. The third-order valence-electron chi connectivity index (χ3n) is 6.95. The monoisotopic (exact) mass is 483 g/mol. The van der Waals surface area contributed by atoms with Crippen molar-refractivity contribution in [3.8, 4) is 11.5 Å². The summed E-state index contributed by atoms with van der Waals surface area (Å²) in [6.07, 6.45) is 3.40. The molecule has 1 amide bonds. The Morgan fingerprint density at radius 3 is 2.43 bits per heavy atom. The predicted molar refractivity (Wildman–Crippen MR) is 131 cm³/mol. The van der Waals surface area contributed by atoms with Gasteiger partial charge in [-0.3, -0.25) is 4.79 Å². The number of phenols is 1. The number of aromatic hydroxyl groups is 1. The average Bonchev–Trinajstić information content (AvgIpc) is 3.21. The molecule has 0 radical (unpaired) electrons. The van der Waals surface area contributed by atoms with Crippen LogP contribution in [0.5, 0.6) is 11.5 Å². The first-order valence-corrected chi connectivity index (χ1v) is 11.6. The highest BCUT2D eigenvalue weighted by molar-refractivity contribution is 6.00. The second-order valence-corrected chi connectivity index (χ2v) is 9.97. The molecule has 4 rings (SSSR count). The first-order valence-electron chi connectivity index (χ1n) is 11.6. The Bertz CT molecular complexity index is 1140. The number of methoxy groups -OCH3 is 2. The van der Waals surface area contributed by atoms with E-state index in [0.717, 1.165) is 0 Å². The minimum atomic E-state index is -1.95. The molecule has 4 N–H and O–H groups in total. The molecule has 2 aromatic carbocycles. The molecule has 8 nitrogen and oxygen atoms in total. The molecule has 0 aromatic heterocycles. The van der Waals surface area contributed by atoms with Gasteiger partial charge in [-0.1, -0.05) is 24.3 Å². The van der Waals surface area contributed by atoms with E-state index in [-0.39, 0.29) is 17.4 Å². The van der Waals surface area contributed by atoms with Gasteiger partial charge in [0, 0.05) is 12.7 Å². The van der Waals surface area contributed by atoms with Crippen molar-refractivity contribution in [2.24, 2.45) is 0 Å². The van der Waals surface area contributed by atoms with E-state index in [1.165, 1.54) is 14.2 Å². The zero-order valence-electron chi connectivity index (χ0n) is 20.7. The normalized spacial score (nSPS) is 28.7. The van der Waals surface area contributed by atoms with E-state index < -0.39 is 28.8 Å². The third-order valence-corrected chi connectivity index (χ3v) is 6.95. The Hall–Kier alpha value is -2.91. The number of hydrogen-bond donors (Lipinski definition) is 4. The summed E-state index contributed by atoms with van der Waals surface area (Å²) in [7, 11) is 2.87. The molecule has 0 spiro atoms. The van der Waals surface area contributed by atoms with Crippen molar-refractivity contribution in [2.75, 3.05) is 19.5 Å². The summed E-state index contributed by atoms with van der Waals surface area (Å²) in [5.41, 5.74) is -2.28. The largest absolute Gasteiger partial charge is 0.507 e. The molecule has 2 aliphatic rings. The SMILES string of the molecule is COc1ccc([C@@]2(O)c3c(ccc(/C=C/[C@]4(C)CC[C@@H](C(C)(C)O)O4)c3O)NC(=O)[C@@H]2OC)cc1. The molecular formula is C27H33NO7. The van der Waals surface area contributed by atoms with Crippen molar-refractivity contribution in [2.45, 2.75) is 62.6 Å². The molecule has 8 heteroatoms. The van der Waals surface area contributed by atoms with E-state index >= 15 is 0 Å². The number of amides is 1. The number of anilines is 1. The van der Waals surface area contributed by atoms with Crippen molar-refractivity contribution in [3.05, 3.63) is 59.2 Å². The van der Waals surface area contributed by atoms with Crippen molar-refractivity contribution < 1.29 is 34.3 Å². The van der Waals surface area contributed by atoms with Gasteiger partial charge in [0.25, 0.3) is 5.91 Å². The van der Waals surface area contributed by atoms with Gasteiger partial charge in [0.15, 0.2) is 11.7 Å². The molecule has 4 atom stereocenters. The van der Waals surface area contributed by atoms with Crippen LogP contribution in [-0.4, -0.2) is 58.9 Å². The summed E-state index contributed by atoms with van der Waals surface area (Å²) in [5.74, 6) is -0.118. The van der Waals surface area contributed by atoms with E-state index in [1.54, 1.807) is 56.3 Å². The van der Waals surface area contributed by atoms with Gasteiger partial charge >= 0.3 is 0 Å². The third kappa shape index (κ3) is 4.43. The number of hydrogen-bond acceptors (Lipinski definition) is 7. The lowest BCUT2D eigenvalue weighted by atomic mass is 9.76. The Labute approximate surface area is 205 Å². The van der Waals surface area contributed by atoms with Gasteiger partial charge in [0.1, 0.15) is 11.5 Å². The quantitative estimate of drug-likeness (QED) is 0.498. The molecular weight excluding hydrogens is 450 g/mol. The summed E-state index contributed by atoms with van der Waals surface area (Å²) in [4.78, 5) is 12.8.